The molecule has 0 radical (unpaired) electrons. The number of carbonyl (C=O) groups excluding carboxylic acids is 1. The minimum absolute atomic E-state index is 0.0332. The van der Waals surface area contributed by atoms with Crippen LogP contribution < -0.4 is 4.74 Å². The van der Waals surface area contributed by atoms with Crippen LogP contribution in [0.15, 0.2) is 48.6 Å². The summed E-state index contributed by atoms with van der Waals surface area (Å²) >= 11 is 0. The number of esters is 1. The van der Waals surface area contributed by atoms with Crippen LogP contribution in [0.4, 0.5) is 0 Å². The van der Waals surface area contributed by atoms with Crippen molar-refractivity contribution >= 4 is 5.97 Å². The molecular formula is C17H22O5. The van der Waals surface area contributed by atoms with Gasteiger partial charge in [0.2, 0.25) is 0 Å². The van der Waals surface area contributed by atoms with E-state index in [0.29, 0.717) is 18.8 Å². The van der Waals surface area contributed by atoms with E-state index in [0.717, 1.165) is 5.56 Å². The maximum Gasteiger partial charge on any atom is 0.330 e. The minimum Gasteiger partial charge on any atom is -0.491 e. The molecule has 0 aliphatic heterocycles. The Kier molecular flexibility index (Phi) is 8.64. The molecule has 0 aliphatic carbocycles. The van der Waals surface area contributed by atoms with Crippen molar-refractivity contribution < 1.29 is 24.5 Å². The van der Waals surface area contributed by atoms with Gasteiger partial charge in [-0.1, -0.05) is 30.4 Å². The molecular weight excluding hydrogens is 284 g/mol. The number of rotatable bonds is 9. The van der Waals surface area contributed by atoms with Crippen molar-refractivity contribution in [2.45, 2.75) is 19.4 Å². The molecule has 0 saturated heterocycles. The van der Waals surface area contributed by atoms with Gasteiger partial charge < -0.3 is 19.7 Å². The highest BCUT2D eigenvalue weighted by Gasteiger charge is 2.05. The largest absolute Gasteiger partial charge is 0.491 e. The predicted molar refractivity (Wildman–Crippen MR) is 83.5 cm³/mol. The highest BCUT2D eigenvalue weighted by molar-refractivity contribution is 5.82. The Hall–Kier alpha value is -2.11. The quantitative estimate of drug-likeness (QED) is 0.415. The zero-order valence-corrected chi connectivity index (χ0v) is 12.6. The second-order valence-corrected chi connectivity index (χ2v) is 4.43. The number of aliphatic hydroxyl groups is 2. The molecule has 1 atom stereocenters. The van der Waals surface area contributed by atoms with Crippen molar-refractivity contribution in [2.75, 3.05) is 19.8 Å². The number of aliphatic hydroxyl groups excluding tert-OH is 2. The molecule has 0 aliphatic rings. The molecule has 1 aromatic rings. The first-order chi connectivity index (χ1) is 10.7. The van der Waals surface area contributed by atoms with Gasteiger partial charge in [0.25, 0.3) is 0 Å². The Labute approximate surface area is 130 Å². The maximum absolute atomic E-state index is 11.0. The third kappa shape index (κ3) is 7.06. The van der Waals surface area contributed by atoms with Gasteiger partial charge in [-0.05, 0) is 31.0 Å². The molecule has 0 bridgehead atoms. The van der Waals surface area contributed by atoms with E-state index in [4.69, 9.17) is 14.6 Å². The highest BCUT2D eigenvalue weighted by atomic mass is 16.5. The van der Waals surface area contributed by atoms with Crippen molar-refractivity contribution in [1.29, 1.82) is 0 Å². The van der Waals surface area contributed by atoms with Crippen molar-refractivity contribution in [3.8, 4) is 5.75 Å². The van der Waals surface area contributed by atoms with E-state index < -0.39 is 6.10 Å². The fraction of sp³-hybridized carbons (Fsp3) is 0.353. The molecule has 0 spiro atoms. The van der Waals surface area contributed by atoms with Crippen LogP contribution in [0.25, 0.3) is 0 Å². The predicted octanol–water partition coefficient (Wildman–Crippen LogP) is 2.16. The van der Waals surface area contributed by atoms with Crippen molar-refractivity contribution in [3.05, 3.63) is 54.1 Å². The number of carbonyl (C=O) groups is 1. The molecule has 0 amide bonds. The summed E-state index contributed by atoms with van der Waals surface area (Å²) in [6, 6.07) is 7.05. The SMILES string of the molecule is CCOC(=O)/C=C/C=C/C[C@@H](O)c1ccc(OCCO)cc1. The standard InChI is InChI=1S/C17H22O5/c1-2-21-17(20)7-5-3-4-6-16(19)14-8-10-15(11-9-14)22-13-12-18/h3-5,7-11,16,18-19H,2,6,12-13H2,1H3/b4-3+,7-5+/t16-/m1/s1. The number of hydrogen-bond acceptors (Lipinski definition) is 5. The van der Waals surface area contributed by atoms with Gasteiger partial charge in [0.1, 0.15) is 12.4 Å². The van der Waals surface area contributed by atoms with Crippen LogP contribution in [0, 0.1) is 0 Å². The van der Waals surface area contributed by atoms with E-state index >= 15 is 0 Å². The fourth-order valence-electron chi connectivity index (χ4n) is 1.70. The van der Waals surface area contributed by atoms with Crippen molar-refractivity contribution in [3.63, 3.8) is 0 Å². The molecule has 5 nitrogen and oxygen atoms in total. The van der Waals surface area contributed by atoms with E-state index in [9.17, 15) is 9.90 Å². The summed E-state index contributed by atoms with van der Waals surface area (Å²) in [5.41, 5.74) is 0.773. The van der Waals surface area contributed by atoms with Gasteiger partial charge in [-0.25, -0.2) is 4.79 Å². The molecule has 1 aromatic carbocycles. The molecule has 0 heterocycles. The summed E-state index contributed by atoms with van der Waals surface area (Å²) in [5.74, 6) is 0.268. The van der Waals surface area contributed by atoms with Gasteiger partial charge in [-0.15, -0.1) is 0 Å². The second-order valence-electron chi connectivity index (χ2n) is 4.43. The molecule has 0 fully saturated rings. The molecule has 2 N–H and O–H groups in total. The lowest BCUT2D eigenvalue weighted by atomic mass is 10.1. The zero-order chi connectivity index (χ0) is 16.2. The topological polar surface area (TPSA) is 76.0 Å². The average molecular weight is 306 g/mol. The lowest BCUT2D eigenvalue weighted by Gasteiger charge is -2.09. The van der Waals surface area contributed by atoms with Gasteiger partial charge in [0, 0.05) is 6.08 Å². The number of benzene rings is 1. The average Bonchev–Trinajstić information content (AvgIpc) is 2.53. The van der Waals surface area contributed by atoms with E-state index in [1.807, 2.05) is 0 Å². The number of allylic oxidation sites excluding steroid dienone is 2. The number of hydrogen-bond donors (Lipinski definition) is 2. The van der Waals surface area contributed by atoms with Crippen LogP contribution >= 0.6 is 0 Å². The van der Waals surface area contributed by atoms with Crippen LogP contribution in [0.1, 0.15) is 25.0 Å². The first-order valence-corrected chi connectivity index (χ1v) is 7.19. The summed E-state index contributed by atoms with van der Waals surface area (Å²) in [7, 11) is 0. The van der Waals surface area contributed by atoms with E-state index in [1.165, 1.54) is 6.08 Å². The summed E-state index contributed by atoms with van der Waals surface area (Å²) in [6.07, 6.45) is 6.19. The molecule has 0 saturated carbocycles. The molecule has 0 unspecified atom stereocenters. The van der Waals surface area contributed by atoms with Gasteiger partial charge in [-0.3, -0.25) is 0 Å². The third-order valence-corrected chi connectivity index (χ3v) is 2.75. The Morgan fingerprint density at radius 1 is 1.27 bits per heavy atom. The smallest absolute Gasteiger partial charge is 0.330 e. The third-order valence-electron chi connectivity index (χ3n) is 2.75. The van der Waals surface area contributed by atoms with Gasteiger partial charge >= 0.3 is 5.97 Å². The molecule has 22 heavy (non-hydrogen) atoms. The van der Waals surface area contributed by atoms with Crippen LogP contribution in [0.5, 0.6) is 5.75 Å². The monoisotopic (exact) mass is 306 g/mol. The van der Waals surface area contributed by atoms with E-state index in [-0.39, 0.29) is 19.2 Å². The van der Waals surface area contributed by atoms with Crippen LogP contribution in [0.3, 0.4) is 0 Å². The Morgan fingerprint density at radius 2 is 2.00 bits per heavy atom. The van der Waals surface area contributed by atoms with Crippen LogP contribution in [-0.4, -0.2) is 36.0 Å². The normalized spacial score (nSPS) is 12.7. The molecule has 120 valence electrons. The summed E-state index contributed by atoms with van der Waals surface area (Å²) in [5, 5.41) is 18.7. The highest BCUT2D eigenvalue weighted by Crippen LogP contribution is 2.20. The Morgan fingerprint density at radius 3 is 2.64 bits per heavy atom. The lowest BCUT2D eigenvalue weighted by molar-refractivity contribution is -0.137. The first kappa shape index (κ1) is 17.9. The molecule has 0 aromatic heterocycles. The van der Waals surface area contributed by atoms with Crippen molar-refractivity contribution in [2.24, 2.45) is 0 Å². The Bertz CT molecular complexity index is 490. The second kappa shape index (κ2) is 10.6. The molecule has 5 heteroatoms. The van der Waals surface area contributed by atoms with Gasteiger partial charge in [0.15, 0.2) is 0 Å². The number of ether oxygens (including phenoxy) is 2. The summed E-state index contributed by atoms with van der Waals surface area (Å²) < 4.78 is 9.99. The summed E-state index contributed by atoms with van der Waals surface area (Å²) in [4.78, 5) is 11.0. The van der Waals surface area contributed by atoms with Gasteiger partial charge in [-0.2, -0.15) is 0 Å². The molecule has 1 rings (SSSR count). The maximum atomic E-state index is 11.0. The van der Waals surface area contributed by atoms with Crippen molar-refractivity contribution in [1.82, 2.24) is 0 Å². The van der Waals surface area contributed by atoms with E-state index in [1.54, 1.807) is 49.4 Å². The Balaban J connectivity index is 2.41. The lowest BCUT2D eigenvalue weighted by Crippen LogP contribution is -2.02. The zero-order valence-electron chi connectivity index (χ0n) is 12.6. The summed E-state index contributed by atoms with van der Waals surface area (Å²) in [6.45, 7) is 2.31. The van der Waals surface area contributed by atoms with Crippen LogP contribution in [0.2, 0.25) is 0 Å². The van der Waals surface area contributed by atoms with Crippen LogP contribution in [-0.2, 0) is 9.53 Å². The van der Waals surface area contributed by atoms with Gasteiger partial charge in [0.05, 0.1) is 19.3 Å². The van der Waals surface area contributed by atoms with E-state index in [2.05, 4.69) is 0 Å². The fourth-order valence-corrected chi connectivity index (χ4v) is 1.70. The minimum atomic E-state index is -0.626. The first-order valence-electron chi connectivity index (χ1n) is 7.19.